The molecule has 1 aromatic rings. The number of thioether (sulfide) groups is 1. The molecule has 0 bridgehead atoms. The standard InChI is InChI=1S/C15H23NO3S/c1-15(18,11-20-3)10-16-9-13(14(17)19-2)12-7-5-4-6-8-12/h4-8,13,16,18H,9-11H2,1-3H3. The van der Waals surface area contributed by atoms with E-state index in [1.165, 1.54) is 7.11 Å². The summed E-state index contributed by atoms with van der Waals surface area (Å²) in [6.07, 6.45) is 1.95. The zero-order valence-corrected chi connectivity index (χ0v) is 13.1. The van der Waals surface area contributed by atoms with Crippen LogP contribution >= 0.6 is 11.8 Å². The third-order valence-electron chi connectivity index (χ3n) is 3.00. The Labute approximate surface area is 124 Å². The predicted octanol–water partition coefficient (Wildman–Crippen LogP) is 1.65. The third kappa shape index (κ3) is 5.53. The van der Waals surface area contributed by atoms with Crippen LogP contribution in [0, 0.1) is 0 Å². The summed E-state index contributed by atoms with van der Waals surface area (Å²) in [5.74, 6) is 0.0216. The van der Waals surface area contributed by atoms with Gasteiger partial charge in [0.05, 0.1) is 18.6 Å². The summed E-state index contributed by atoms with van der Waals surface area (Å²) in [5, 5.41) is 13.3. The molecule has 5 heteroatoms. The summed E-state index contributed by atoms with van der Waals surface area (Å²) in [5.41, 5.74) is 0.132. The van der Waals surface area contributed by atoms with Crippen LogP contribution in [0.25, 0.3) is 0 Å². The average molecular weight is 297 g/mol. The van der Waals surface area contributed by atoms with E-state index in [1.807, 2.05) is 36.6 Å². The van der Waals surface area contributed by atoms with Crippen LogP contribution in [0.15, 0.2) is 30.3 Å². The van der Waals surface area contributed by atoms with Crippen molar-refractivity contribution in [2.75, 3.05) is 32.2 Å². The van der Waals surface area contributed by atoms with E-state index in [9.17, 15) is 9.90 Å². The van der Waals surface area contributed by atoms with Gasteiger partial charge in [0.15, 0.2) is 0 Å². The fourth-order valence-corrected chi connectivity index (χ4v) is 2.74. The molecule has 0 fully saturated rings. The van der Waals surface area contributed by atoms with Gasteiger partial charge in [-0.15, -0.1) is 0 Å². The Hall–Kier alpha value is -1.04. The van der Waals surface area contributed by atoms with Crippen molar-refractivity contribution >= 4 is 17.7 Å². The number of methoxy groups -OCH3 is 1. The van der Waals surface area contributed by atoms with Crippen molar-refractivity contribution < 1.29 is 14.6 Å². The van der Waals surface area contributed by atoms with Crippen molar-refractivity contribution in [3.63, 3.8) is 0 Å². The number of aliphatic hydroxyl groups is 1. The molecule has 0 aromatic heterocycles. The molecular formula is C15H23NO3S. The molecule has 2 atom stereocenters. The number of rotatable bonds is 8. The summed E-state index contributed by atoms with van der Waals surface area (Å²) in [6.45, 7) is 2.67. The number of hydrogen-bond acceptors (Lipinski definition) is 5. The zero-order chi connectivity index (χ0) is 15.0. The van der Waals surface area contributed by atoms with Crippen molar-refractivity contribution in [3.8, 4) is 0 Å². The second-order valence-electron chi connectivity index (χ2n) is 5.05. The molecule has 1 aromatic carbocycles. The fourth-order valence-electron chi connectivity index (χ4n) is 2.01. The lowest BCUT2D eigenvalue weighted by Gasteiger charge is -2.24. The van der Waals surface area contributed by atoms with E-state index in [2.05, 4.69) is 5.32 Å². The summed E-state index contributed by atoms with van der Waals surface area (Å²) < 4.78 is 4.85. The lowest BCUT2D eigenvalue weighted by atomic mass is 9.99. The fraction of sp³-hybridized carbons (Fsp3) is 0.533. The maximum absolute atomic E-state index is 11.9. The molecule has 0 spiro atoms. The van der Waals surface area contributed by atoms with E-state index in [0.717, 1.165) is 5.56 Å². The van der Waals surface area contributed by atoms with Gasteiger partial charge in [0, 0.05) is 18.8 Å². The number of ether oxygens (including phenoxy) is 1. The van der Waals surface area contributed by atoms with Crippen LogP contribution in [-0.4, -0.2) is 48.9 Å². The maximum Gasteiger partial charge on any atom is 0.314 e. The first-order valence-electron chi connectivity index (χ1n) is 6.55. The minimum atomic E-state index is -0.781. The molecule has 1 rings (SSSR count). The van der Waals surface area contributed by atoms with Crippen molar-refractivity contribution in [2.45, 2.75) is 18.4 Å². The highest BCUT2D eigenvalue weighted by atomic mass is 32.2. The second-order valence-corrected chi connectivity index (χ2v) is 5.91. The minimum absolute atomic E-state index is 0.270. The first-order valence-corrected chi connectivity index (χ1v) is 7.94. The number of nitrogens with one attached hydrogen (secondary N) is 1. The maximum atomic E-state index is 11.9. The predicted molar refractivity (Wildman–Crippen MR) is 83.1 cm³/mol. The smallest absolute Gasteiger partial charge is 0.314 e. The minimum Gasteiger partial charge on any atom is -0.469 e. The van der Waals surface area contributed by atoms with Gasteiger partial charge in [0.25, 0.3) is 0 Å². The summed E-state index contributed by atoms with van der Waals surface area (Å²) in [4.78, 5) is 11.9. The summed E-state index contributed by atoms with van der Waals surface area (Å²) >= 11 is 1.59. The first kappa shape index (κ1) is 17.0. The molecule has 0 saturated carbocycles. The highest BCUT2D eigenvalue weighted by Crippen LogP contribution is 2.17. The molecule has 2 unspecified atom stereocenters. The lowest BCUT2D eigenvalue weighted by molar-refractivity contribution is -0.142. The number of carbonyl (C=O) groups excluding carboxylic acids is 1. The normalized spacial score (nSPS) is 15.4. The van der Waals surface area contributed by atoms with Crippen LogP contribution in [0.5, 0.6) is 0 Å². The van der Waals surface area contributed by atoms with Gasteiger partial charge in [0.2, 0.25) is 0 Å². The average Bonchev–Trinajstić information content (AvgIpc) is 2.43. The zero-order valence-electron chi connectivity index (χ0n) is 12.3. The largest absolute Gasteiger partial charge is 0.469 e. The van der Waals surface area contributed by atoms with E-state index in [-0.39, 0.29) is 11.9 Å². The van der Waals surface area contributed by atoms with Crippen molar-refractivity contribution in [1.29, 1.82) is 0 Å². The molecule has 0 heterocycles. The highest BCUT2D eigenvalue weighted by molar-refractivity contribution is 7.98. The van der Waals surface area contributed by atoms with Gasteiger partial charge < -0.3 is 15.2 Å². The topological polar surface area (TPSA) is 58.6 Å². The van der Waals surface area contributed by atoms with E-state index in [0.29, 0.717) is 18.8 Å². The molecular weight excluding hydrogens is 274 g/mol. The van der Waals surface area contributed by atoms with Gasteiger partial charge in [-0.3, -0.25) is 4.79 Å². The Bertz CT molecular complexity index is 409. The number of benzene rings is 1. The first-order chi connectivity index (χ1) is 9.50. The molecule has 2 N–H and O–H groups in total. The van der Waals surface area contributed by atoms with Gasteiger partial charge in [-0.1, -0.05) is 30.3 Å². The van der Waals surface area contributed by atoms with E-state index < -0.39 is 5.60 Å². The second kappa shape index (κ2) is 8.29. The summed E-state index contributed by atoms with van der Waals surface area (Å²) in [6, 6.07) is 9.52. The van der Waals surface area contributed by atoms with E-state index in [1.54, 1.807) is 18.7 Å². The quantitative estimate of drug-likeness (QED) is 0.715. The van der Waals surface area contributed by atoms with Gasteiger partial charge in [-0.25, -0.2) is 0 Å². The van der Waals surface area contributed by atoms with Gasteiger partial charge >= 0.3 is 5.97 Å². The van der Waals surface area contributed by atoms with Gasteiger partial charge in [0.1, 0.15) is 0 Å². The van der Waals surface area contributed by atoms with Gasteiger partial charge in [-0.2, -0.15) is 11.8 Å². The number of hydrogen-bond donors (Lipinski definition) is 2. The van der Waals surface area contributed by atoms with Crippen molar-refractivity contribution in [1.82, 2.24) is 5.32 Å². The van der Waals surface area contributed by atoms with Crippen LogP contribution in [0.2, 0.25) is 0 Å². The van der Waals surface area contributed by atoms with Gasteiger partial charge in [-0.05, 0) is 18.7 Å². The molecule has 112 valence electrons. The lowest BCUT2D eigenvalue weighted by Crippen LogP contribution is -2.42. The Morgan fingerprint density at radius 3 is 2.65 bits per heavy atom. The molecule has 0 amide bonds. The number of carbonyl (C=O) groups is 1. The van der Waals surface area contributed by atoms with Crippen LogP contribution < -0.4 is 5.32 Å². The molecule has 0 aliphatic carbocycles. The summed E-state index contributed by atoms with van der Waals surface area (Å²) in [7, 11) is 1.39. The molecule has 0 aliphatic rings. The highest BCUT2D eigenvalue weighted by Gasteiger charge is 2.24. The van der Waals surface area contributed by atoms with Crippen LogP contribution in [-0.2, 0) is 9.53 Å². The molecule has 4 nitrogen and oxygen atoms in total. The van der Waals surface area contributed by atoms with E-state index >= 15 is 0 Å². The van der Waals surface area contributed by atoms with Crippen molar-refractivity contribution in [3.05, 3.63) is 35.9 Å². The third-order valence-corrected chi connectivity index (χ3v) is 3.91. The van der Waals surface area contributed by atoms with Crippen LogP contribution in [0.3, 0.4) is 0 Å². The molecule has 0 saturated heterocycles. The SMILES string of the molecule is COC(=O)C(CNCC(C)(O)CSC)c1ccccc1. The van der Waals surface area contributed by atoms with Crippen molar-refractivity contribution in [2.24, 2.45) is 0 Å². The number of esters is 1. The monoisotopic (exact) mass is 297 g/mol. The van der Waals surface area contributed by atoms with E-state index in [4.69, 9.17) is 4.74 Å². The Balaban J connectivity index is 2.61. The molecule has 20 heavy (non-hydrogen) atoms. The molecule has 0 radical (unpaired) electrons. The Morgan fingerprint density at radius 1 is 1.45 bits per heavy atom. The van der Waals surface area contributed by atoms with Crippen LogP contribution in [0.4, 0.5) is 0 Å². The Kier molecular flexibility index (Phi) is 7.05. The molecule has 0 aliphatic heterocycles. The Morgan fingerprint density at radius 2 is 2.10 bits per heavy atom. The van der Waals surface area contributed by atoms with Crippen LogP contribution in [0.1, 0.15) is 18.4 Å².